The van der Waals surface area contributed by atoms with Gasteiger partial charge in [0.05, 0.1) is 34.8 Å². The van der Waals surface area contributed by atoms with E-state index >= 15 is 0 Å². The first-order chi connectivity index (χ1) is 16.8. The number of nitrogens with one attached hydrogen (secondary N) is 1. The number of hydrogen-bond acceptors (Lipinski definition) is 5. The molecule has 2 fully saturated rings. The minimum absolute atomic E-state index is 0.154. The number of carbonyl (C=O) groups is 1. The molecule has 2 aliphatic rings. The van der Waals surface area contributed by atoms with Crippen molar-refractivity contribution in [2.75, 3.05) is 10.2 Å². The van der Waals surface area contributed by atoms with Crippen molar-refractivity contribution >= 4 is 28.2 Å². The second-order valence-electron chi connectivity index (χ2n) is 10.6. The summed E-state index contributed by atoms with van der Waals surface area (Å²) in [5.41, 5.74) is 9.63. The second-order valence-corrected chi connectivity index (χ2v) is 10.6. The van der Waals surface area contributed by atoms with Crippen molar-refractivity contribution in [3.05, 3.63) is 59.8 Å². The second kappa shape index (κ2) is 9.53. The summed E-state index contributed by atoms with van der Waals surface area (Å²) in [6.07, 6.45) is 10.3. The fourth-order valence-electron chi connectivity index (χ4n) is 6.17. The van der Waals surface area contributed by atoms with Crippen LogP contribution < -0.4 is 16.0 Å². The summed E-state index contributed by atoms with van der Waals surface area (Å²) in [4.78, 5) is 24.5. The number of pyridine rings is 2. The lowest BCUT2D eigenvalue weighted by atomic mass is 9.76. The molecular weight excluding hydrogens is 441 g/mol. The number of hydrogen-bond donors (Lipinski definition) is 2. The third-order valence-corrected chi connectivity index (χ3v) is 7.80. The van der Waals surface area contributed by atoms with Gasteiger partial charge in [-0.15, -0.1) is 0 Å². The quantitative estimate of drug-likeness (QED) is 0.511. The number of rotatable bonds is 4. The smallest absolute Gasteiger partial charge is 0.257 e. The number of carbonyl (C=O) groups excluding carboxylic acids is 1. The Morgan fingerprint density at radius 3 is 2.60 bits per heavy atom. The molecule has 5 rings (SSSR count). The number of nitrogens with zero attached hydrogens (tertiary/aromatic N) is 3. The highest BCUT2D eigenvalue weighted by molar-refractivity contribution is 6.12. The highest BCUT2D eigenvalue weighted by Crippen LogP contribution is 2.39. The monoisotopic (exact) mass is 475 g/mol. The first kappa shape index (κ1) is 23.7. The van der Waals surface area contributed by atoms with Gasteiger partial charge in [-0.25, -0.2) is 4.39 Å². The van der Waals surface area contributed by atoms with Crippen molar-refractivity contribution in [2.24, 2.45) is 11.7 Å². The predicted octanol–water partition coefficient (Wildman–Crippen LogP) is 5.63. The molecule has 0 spiro atoms. The van der Waals surface area contributed by atoms with Crippen LogP contribution in [0.25, 0.3) is 10.9 Å². The largest absolute Gasteiger partial charge is 0.365 e. The van der Waals surface area contributed by atoms with Crippen LogP contribution in [-0.2, 0) is 0 Å². The van der Waals surface area contributed by atoms with Crippen molar-refractivity contribution in [3.8, 4) is 0 Å². The third kappa shape index (κ3) is 4.61. The summed E-state index contributed by atoms with van der Waals surface area (Å²) in [5, 5.41) is 3.40. The minimum Gasteiger partial charge on any atom is -0.365 e. The summed E-state index contributed by atoms with van der Waals surface area (Å²) in [7, 11) is 0. The molecule has 2 unspecified atom stereocenters. The van der Waals surface area contributed by atoms with Crippen LogP contribution in [0.2, 0.25) is 0 Å². The Labute approximate surface area is 206 Å². The van der Waals surface area contributed by atoms with Crippen LogP contribution in [0.4, 0.5) is 15.8 Å². The summed E-state index contributed by atoms with van der Waals surface area (Å²) >= 11 is 0. The van der Waals surface area contributed by atoms with Crippen LogP contribution in [0.1, 0.15) is 74.7 Å². The van der Waals surface area contributed by atoms with Gasteiger partial charge in [-0.2, -0.15) is 0 Å². The zero-order chi connectivity index (χ0) is 24.7. The van der Waals surface area contributed by atoms with Crippen LogP contribution in [-0.4, -0.2) is 34.0 Å². The van der Waals surface area contributed by atoms with E-state index in [2.05, 4.69) is 41.0 Å². The van der Waals surface area contributed by atoms with Crippen molar-refractivity contribution in [1.29, 1.82) is 0 Å². The summed E-state index contributed by atoms with van der Waals surface area (Å²) in [6, 6.07) is 7.56. The topological polar surface area (TPSA) is 84.1 Å². The number of aromatic nitrogens is 2. The SMILES string of the molecule is CC1CCC(C)N1c1cnc2c(C(=O)Nc3cnccc3[C@@H]3C[C@H](C)C[C@H](N)C3)ccc(F)c2c1. The van der Waals surface area contributed by atoms with E-state index in [9.17, 15) is 9.18 Å². The van der Waals surface area contributed by atoms with E-state index in [1.807, 2.05) is 12.1 Å². The minimum atomic E-state index is -0.377. The molecule has 7 heteroatoms. The van der Waals surface area contributed by atoms with Crippen molar-refractivity contribution < 1.29 is 9.18 Å². The van der Waals surface area contributed by atoms with Crippen LogP contribution in [0.15, 0.2) is 42.9 Å². The van der Waals surface area contributed by atoms with Gasteiger partial charge in [-0.1, -0.05) is 6.92 Å². The Morgan fingerprint density at radius 2 is 1.86 bits per heavy atom. The molecule has 1 aliphatic carbocycles. The zero-order valence-electron chi connectivity index (χ0n) is 20.7. The fourth-order valence-corrected chi connectivity index (χ4v) is 6.17. The van der Waals surface area contributed by atoms with Gasteiger partial charge in [0.25, 0.3) is 5.91 Å². The lowest BCUT2D eigenvalue weighted by molar-refractivity contribution is 0.102. The van der Waals surface area contributed by atoms with E-state index in [1.165, 1.54) is 12.1 Å². The van der Waals surface area contributed by atoms with Gasteiger partial charge in [0.1, 0.15) is 5.82 Å². The molecule has 6 nitrogen and oxygen atoms in total. The van der Waals surface area contributed by atoms with E-state index < -0.39 is 0 Å². The third-order valence-electron chi connectivity index (χ3n) is 7.80. The van der Waals surface area contributed by atoms with Gasteiger partial charge in [0.2, 0.25) is 0 Å². The molecule has 184 valence electrons. The highest BCUT2D eigenvalue weighted by atomic mass is 19.1. The molecular formula is C28H34FN5O. The van der Waals surface area contributed by atoms with E-state index in [1.54, 1.807) is 18.6 Å². The Kier molecular flexibility index (Phi) is 6.45. The molecule has 2 aromatic heterocycles. The van der Waals surface area contributed by atoms with E-state index in [-0.39, 0.29) is 23.7 Å². The van der Waals surface area contributed by atoms with E-state index in [4.69, 9.17) is 5.73 Å². The average molecular weight is 476 g/mol. The first-order valence-electron chi connectivity index (χ1n) is 12.7. The lowest BCUT2D eigenvalue weighted by Crippen LogP contribution is -2.32. The van der Waals surface area contributed by atoms with Crippen molar-refractivity contribution in [2.45, 2.75) is 76.9 Å². The lowest BCUT2D eigenvalue weighted by Gasteiger charge is -2.32. The maximum atomic E-state index is 14.9. The molecule has 3 heterocycles. The summed E-state index contributed by atoms with van der Waals surface area (Å²) < 4.78 is 14.9. The van der Waals surface area contributed by atoms with E-state index in [0.29, 0.717) is 40.2 Å². The van der Waals surface area contributed by atoms with Gasteiger partial charge < -0.3 is 16.0 Å². The summed E-state index contributed by atoms with van der Waals surface area (Å²) in [5.74, 6) is 0.0984. The average Bonchev–Trinajstić information content (AvgIpc) is 3.16. The number of anilines is 2. The molecule has 3 aromatic rings. The highest BCUT2D eigenvalue weighted by Gasteiger charge is 2.29. The Hall–Kier alpha value is -3.06. The van der Waals surface area contributed by atoms with Gasteiger partial charge >= 0.3 is 0 Å². The maximum Gasteiger partial charge on any atom is 0.257 e. The molecule has 0 radical (unpaired) electrons. The molecule has 1 amide bonds. The molecule has 5 atom stereocenters. The van der Waals surface area contributed by atoms with Crippen LogP contribution >= 0.6 is 0 Å². The number of fused-ring (bicyclic) bond motifs is 1. The van der Waals surface area contributed by atoms with Gasteiger partial charge in [-0.05, 0) is 87.6 Å². The van der Waals surface area contributed by atoms with Crippen molar-refractivity contribution in [3.63, 3.8) is 0 Å². The number of halogens is 1. The molecule has 1 saturated heterocycles. The molecule has 1 aliphatic heterocycles. The van der Waals surface area contributed by atoms with Gasteiger partial charge in [0, 0.05) is 29.7 Å². The molecule has 1 saturated carbocycles. The Bertz CT molecular complexity index is 1230. The van der Waals surface area contributed by atoms with Crippen LogP contribution in [0, 0.1) is 11.7 Å². The molecule has 35 heavy (non-hydrogen) atoms. The van der Waals surface area contributed by atoms with Crippen LogP contribution in [0.3, 0.4) is 0 Å². The van der Waals surface area contributed by atoms with Gasteiger partial charge in [-0.3, -0.25) is 14.8 Å². The normalized spacial score (nSPS) is 26.8. The first-order valence-corrected chi connectivity index (χ1v) is 12.7. The Morgan fingerprint density at radius 1 is 1.09 bits per heavy atom. The molecule has 0 bridgehead atoms. The van der Waals surface area contributed by atoms with Crippen molar-refractivity contribution in [1.82, 2.24) is 9.97 Å². The van der Waals surface area contributed by atoms with E-state index in [0.717, 1.165) is 43.4 Å². The Balaban J connectivity index is 1.46. The number of amides is 1. The fraction of sp³-hybridized carbons (Fsp3) is 0.464. The standard InChI is InChI=1S/C28H34FN5O/c1-16-10-19(12-20(30)11-16)22-8-9-31-15-26(22)33-28(35)23-6-7-25(29)24-13-21(14-32-27(23)24)34-17(2)4-5-18(34)3/h6-9,13-20H,4-5,10-12,30H2,1-3H3,(H,33,35)/t16-,17?,18?,19+,20-/m0/s1. The molecule has 3 N–H and O–H groups in total. The number of benzene rings is 1. The molecule has 1 aromatic carbocycles. The maximum absolute atomic E-state index is 14.9. The zero-order valence-corrected chi connectivity index (χ0v) is 20.7. The van der Waals surface area contributed by atoms with Gasteiger partial charge in [0.15, 0.2) is 0 Å². The predicted molar refractivity (Wildman–Crippen MR) is 138 cm³/mol. The number of nitrogens with two attached hydrogens (primary N) is 1. The van der Waals surface area contributed by atoms with Crippen LogP contribution in [0.5, 0.6) is 0 Å². The summed E-state index contributed by atoms with van der Waals surface area (Å²) in [6.45, 7) is 6.58.